The van der Waals surface area contributed by atoms with Gasteiger partial charge < -0.3 is 10.5 Å². The third-order valence-corrected chi connectivity index (χ3v) is 3.01. The number of carbonyl (C=O) groups is 1. The topological polar surface area (TPSA) is 65.2 Å². The van der Waals surface area contributed by atoms with Crippen molar-refractivity contribution in [2.45, 2.75) is 39.7 Å². The first kappa shape index (κ1) is 20.5. The monoisotopic (exact) mass is 368 g/mol. The van der Waals surface area contributed by atoms with Crippen LogP contribution >= 0.6 is 17.0 Å². The highest BCUT2D eigenvalue weighted by Gasteiger charge is 2.17. The minimum absolute atomic E-state index is 0. The van der Waals surface area contributed by atoms with Gasteiger partial charge in [-0.3, -0.25) is 4.98 Å². The quantitative estimate of drug-likeness (QED) is 0.585. The number of nitrogens with two attached hydrogens (primary N) is 1. The van der Waals surface area contributed by atoms with Crippen LogP contribution in [-0.2, 0) is 9.53 Å². The Labute approximate surface area is 143 Å². The molecule has 0 aliphatic rings. The smallest absolute Gasteiger partial charge is 0.329 e. The molecule has 0 fully saturated rings. The lowest BCUT2D eigenvalue weighted by molar-refractivity contribution is -0.144. The highest BCUT2D eigenvalue weighted by Crippen LogP contribution is 2.09. The molecule has 1 heterocycles. The third-order valence-electron chi connectivity index (χ3n) is 3.01. The van der Waals surface area contributed by atoms with Crippen molar-refractivity contribution in [3.05, 3.63) is 53.4 Å². The number of aromatic nitrogens is 1. The van der Waals surface area contributed by atoms with Crippen molar-refractivity contribution in [2.75, 3.05) is 6.61 Å². The van der Waals surface area contributed by atoms with E-state index in [0.29, 0.717) is 5.69 Å². The van der Waals surface area contributed by atoms with Gasteiger partial charge in [0.05, 0.1) is 5.69 Å². The molecule has 0 saturated heterocycles. The summed E-state index contributed by atoms with van der Waals surface area (Å²) in [5.41, 5.74) is 8.84. The van der Waals surface area contributed by atoms with Crippen LogP contribution in [-0.4, -0.2) is 17.6 Å². The van der Waals surface area contributed by atoms with Gasteiger partial charge in [-0.2, -0.15) is 0 Å². The normalized spacial score (nSPS) is 12.1. The van der Waals surface area contributed by atoms with Crippen molar-refractivity contribution >= 4 is 23.0 Å². The Morgan fingerprint density at radius 1 is 1.32 bits per heavy atom. The molecule has 5 heteroatoms. The minimum atomic E-state index is -0.828. The Morgan fingerprint density at radius 2 is 2.05 bits per heavy atom. The van der Waals surface area contributed by atoms with Gasteiger partial charge in [0, 0.05) is 6.20 Å². The minimum Gasteiger partial charge on any atom is -0.460 e. The van der Waals surface area contributed by atoms with Gasteiger partial charge >= 0.3 is 5.97 Å². The fourth-order valence-electron chi connectivity index (χ4n) is 1.73. The molecule has 0 saturated carbocycles. The number of rotatable bonds is 7. The zero-order valence-electron chi connectivity index (χ0n) is 13.4. The molecule has 4 nitrogen and oxygen atoms in total. The molecule has 1 atom stereocenters. The number of hydrogen-bond donors (Lipinski definition) is 1. The van der Waals surface area contributed by atoms with E-state index in [0.717, 1.165) is 12.8 Å². The predicted octanol–water partition coefficient (Wildman–Crippen LogP) is 3.90. The molecule has 122 valence electrons. The molecule has 1 aromatic heterocycles. The lowest BCUT2D eigenvalue weighted by Crippen LogP contribution is -2.24. The summed E-state index contributed by atoms with van der Waals surface area (Å²) in [6.45, 7) is 6.45. The summed E-state index contributed by atoms with van der Waals surface area (Å²) in [7, 11) is 0. The molecule has 0 bridgehead atoms. The van der Waals surface area contributed by atoms with Gasteiger partial charge in [-0.25, -0.2) is 4.79 Å². The van der Waals surface area contributed by atoms with Gasteiger partial charge in [-0.15, -0.1) is 17.0 Å². The molecular formula is C17H25BrN2O2. The van der Waals surface area contributed by atoms with Gasteiger partial charge in [-0.05, 0) is 51.8 Å². The zero-order chi connectivity index (χ0) is 15.7. The predicted molar refractivity (Wildman–Crippen MR) is 94.9 cm³/mol. The molecular weight excluding hydrogens is 344 g/mol. The van der Waals surface area contributed by atoms with E-state index >= 15 is 0 Å². The van der Waals surface area contributed by atoms with Crippen LogP contribution in [0.1, 0.15) is 45.3 Å². The Kier molecular flexibility index (Phi) is 10.4. The van der Waals surface area contributed by atoms with Crippen LogP contribution < -0.4 is 5.73 Å². The number of allylic oxidation sites excluding steroid dienone is 3. The van der Waals surface area contributed by atoms with E-state index in [2.05, 4.69) is 24.9 Å². The fraction of sp³-hybridized carbons (Fsp3) is 0.412. The van der Waals surface area contributed by atoms with Crippen LogP contribution in [0.25, 0.3) is 0 Å². The van der Waals surface area contributed by atoms with E-state index in [9.17, 15) is 4.79 Å². The summed E-state index contributed by atoms with van der Waals surface area (Å²) in [5.74, 6) is -0.456. The van der Waals surface area contributed by atoms with Crippen molar-refractivity contribution in [1.82, 2.24) is 4.98 Å². The maximum absolute atomic E-state index is 11.8. The molecule has 0 aliphatic heterocycles. The molecule has 0 amide bonds. The average molecular weight is 369 g/mol. The zero-order valence-corrected chi connectivity index (χ0v) is 15.1. The summed E-state index contributed by atoms with van der Waals surface area (Å²) in [6.07, 6.45) is 7.69. The second-order valence-electron chi connectivity index (χ2n) is 5.23. The molecule has 0 aliphatic carbocycles. The van der Waals surface area contributed by atoms with Gasteiger partial charge in [0.1, 0.15) is 12.6 Å². The van der Waals surface area contributed by atoms with E-state index in [4.69, 9.17) is 10.5 Å². The van der Waals surface area contributed by atoms with Crippen molar-refractivity contribution in [2.24, 2.45) is 5.73 Å². The molecule has 1 rings (SSSR count). The molecule has 22 heavy (non-hydrogen) atoms. The number of nitrogens with zero attached hydrogens (tertiary/aromatic N) is 1. The van der Waals surface area contributed by atoms with Crippen LogP contribution in [0.15, 0.2) is 47.7 Å². The highest BCUT2D eigenvalue weighted by molar-refractivity contribution is 8.93. The fourth-order valence-corrected chi connectivity index (χ4v) is 1.73. The number of esters is 1. The van der Waals surface area contributed by atoms with E-state index < -0.39 is 12.0 Å². The number of carbonyl (C=O) groups excluding carboxylic acids is 1. The van der Waals surface area contributed by atoms with Crippen LogP contribution in [0, 0.1) is 0 Å². The molecule has 2 N–H and O–H groups in total. The van der Waals surface area contributed by atoms with Crippen LogP contribution in [0.4, 0.5) is 0 Å². The lowest BCUT2D eigenvalue weighted by Gasteiger charge is -2.10. The summed E-state index contributed by atoms with van der Waals surface area (Å²) in [5, 5.41) is 0. The third kappa shape index (κ3) is 8.10. The lowest BCUT2D eigenvalue weighted by atomic mass is 10.1. The Morgan fingerprint density at radius 3 is 2.64 bits per heavy atom. The van der Waals surface area contributed by atoms with E-state index in [1.165, 1.54) is 11.1 Å². The Hall–Kier alpha value is -1.46. The SMILES string of the molecule is Br.CC(C)=CCCC(C)=CCOC(=O)C(N)c1ccccn1. The summed E-state index contributed by atoms with van der Waals surface area (Å²) in [6, 6.07) is 4.46. The maximum Gasteiger partial charge on any atom is 0.329 e. The summed E-state index contributed by atoms with van der Waals surface area (Å²) < 4.78 is 5.16. The molecule has 0 radical (unpaired) electrons. The number of ether oxygens (including phenoxy) is 1. The summed E-state index contributed by atoms with van der Waals surface area (Å²) in [4.78, 5) is 15.9. The van der Waals surface area contributed by atoms with Gasteiger partial charge in [-0.1, -0.05) is 23.3 Å². The Bertz CT molecular complexity index is 509. The van der Waals surface area contributed by atoms with Gasteiger partial charge in [0.2, 0.25) is 0 Å². The maximum atomic E-state index is 11.8. The summed E-state index contributed by atoms with van der Waals surface area (Å²) >= 11 is 0. The number of halogens is 1. The average Bonchev–Trinajstić information content (AvgIpc) is 2.46. The van der Waals surface area contributed by atoms with Crippen molar-refractivity contribution in [3.63, 3.8) is 0 Å². The second kappa shape index (κ2) is 11.2. The second-order valence-corrected chi connectivity index (χ2v) is 5.23. The van der Waals surface area contributed by atoms with Crippen molar-refractivity contribution in [1.29, 1.82) is 0 Å². The first-order valence-electron chi connectivity index (χ1n) is 7.13. The molecule has 1 aromatic rings. The first-order chi connectivity index (χ1) is 10.0. The van der Waals surface area contributed by atoms with Crippen LogP contribution in [0.3, 0.4) is 0 Å². The Balaban J connectivity index is 0.00000441. The first-order valence-corrected chi connectivity index (χ1v) is 7.13. The molecule has 0 aromatic carbocycles. The van der Waals surface area contributed by atoms with Crippen molar-refractivity contribution in [3.8, 4) is 0 Å². The van der Waals surface area contributed by atoms with E-state index in [1.54, 1.807) is 24.4 Å². The van der Waals surface area contributed by atoms with Gasteiger partial charge in [0.15, 0.2) is 0 Å². The largest absolute Gasteiger partial charge is 0.460 e. The highest BCUT2D eigenvalue weighted by atomic mass is 79.9. The van der Waals surface area contributed by atoms with Crippen LogP contribution in [0.2, 0.25) is 0 Å². The van der Waals surface area contributed by atoms with Crippen LogP contribution in [0.5, 0.6) is 0 Å². The standard InChI is InChI=1S/C17H24N2O2.BrH/c1-13(2)7-6-8-14(3)10-12-21-17(20)16(18)15-9-4-5-11-19-15;/h4-5,7,9-11,16H,6,8,12,18H2,1-3H3;1H. The number of pyridine rings is 1. The van der Waals surface area contributed by atoms with Gasteiger partial charge in [0.25, 0.3) is 0 Å². The van der Waals surface area contributed by atoms with E-state index in [1.807, 2.05) is 13.0 Å². The molecule has 0 spiro atoms. The molecule has 1 unspecified atom stereocenters. The van der Waals surface area contributed by atoms with E-state index in [-0.39, 0.29) is 23.6 Å². The van der Waals surface area contributed by atoms with Crippen molar-refractivity contribution < 1.29 is 9.53 Å². The number of hydrogen-bond acceptors (Lipinski definition) is 4.